The molecule has 6 heteroatoms. The smallest absolute Gasteiger partial charge is 0.294 e. The summed E-state index contributed by atoms with van der Waals surface area (Å²) in [5, 5.41) is 2.90. The maximum Gasteiger partial charge on any atom is 0.294 e. The Morgan fingerprint density at radius 3 is 2.74 bits per heavy atom. The maximum atomic E-state index is 13.3. The van der Waals surface area contributed by atoms with E-state index in [-0.39, 0.29) is 17.9 Å². The summed E-state index contributed by atoms with van der Waals surface area (Å²) < 4.78 is 1.94. The molecule has 1 aromatic carbocycles. The van der Waals surface area contributed by atoms with Crippen LogP contribution in [0.2, 0.25) is 0 Å². The lowest BCUT2D eigenvalue weighted by molar-refractivity contribution is 0.0937. The number of amides is 2. The van der Waals surface area contributed by atoms with Crippen LogP contribution in [0.1, 0.15) is 66.0 Å². The molecule has 1 aromatic heterocycles. The molecular formula is C21H28N4O2. The fourth-order valence-corrected chi connectivity index (χ4v) is 3.58. The van der Waals surface area contributed by atoms with Crippen LogP contribution in [0.5, 0.6) is 0 Å². The molecule has 0 aliphatic carbocycles. The average Bonchev–Trinajstić information content (AvgIpc) is 3.01. The van der Waals surface area contributed by atoms with Gasteiger partial charge in [0.2, 0.25) is 5.82 Å². The number of carbonyl (C=O) groups is 2. The number of nitrogens with one attached hydrogen (secondary N) is 1. The van der Waals surface area contributed by atoms with Crippen molar-refractivity contribution in [3.63, 3.8) is 0 Å². The maximum absolute atomic E-state index is 13.3. The number of hydrogen-bond donors (Lipinski definition) is 1. The first-order valence-corrected chi connectivity index (χ1v) is 9.71. The first-order valence-electron chi connectivity index (χ1n) is 9.71. The van der Waals surface area contributed by atoms with Gasteiger partial charge in [0.15, 0.2) is 0 Å². The number of benzene rings is 1. The van der Waals surface area contributed by atoms with Gasteiger partial charge in [0, 0.05) is 24.8 Å². The van der Waals surface area contributed by atoms with E-state index in [0.717, 1.165) is 42.8 Å². The summed E-state index contributed by atoms with van der Waals surface area (Å²) in [7, 11) is 0. The van der Waals surface area contributed by atoms with Crippen LogP contribution in [0.3, 0.4) is 0 Å². The summed E-state index contributed by atoms with van der Waals surface area (Å²) in [6, 6.07) is 7.91. The van der Waals surface area contributed by atoms with Crippen LogP contribution in [-0.2, 0) is 13.0 Å². The van der Waals surface area contributed by atoms with Gasteiger partial charge in [-0.05, 0) is 64.7 Å². The van der Waals surface area contributed by atoms with Crippen LogP contribution < -0.4 is 10.2 Å². The third-order valence-corrected chi connectivity index (χ3v) is 4.82. The van der Waals surface area contributed by atoms with Crippen LogP contribution in [0.25, 0.3) is 0 Å². The molecule has 144 valence electrons. The minimum atomic E-state index is -0.201. The van der Waals surface area contributed by atoms with E-state index in [4.69, 9.17) is 0 Å². The van der Waals surface area contributed by atoms with Crippen LogP contribution in [0.4, 0.5) is 5.69 Å². The molecule has 0 fully saturated rings. The van der Waals surface area contributed by atoms with Gasteiger partial charge in [-0.15, -0.1) is 0 Å². The first kappa shape index (κ1) is 19.1. The summed E-state index contributed by atoms with van der Waals surface area (Å²) in [6.45, 7) is 9.06. The number of carbonyl (C=O) groups excluding carboxylic acids is 2. The van der Waals surface area contributed by atoms with Crippen LogP contribution in [-0.4, -0.2) is 34.0 Å². The van der Waals surface area contributed by atoms with Gasteiger partial charge in [0.05, 0.1) is 5.69 Å². The second-order valence-electron chi connectivity index (χ2n) is 7.36. The van der Waals surface area contributed by atoms with Crippen molar-refractivity contribution in [2.24, 2.45) is 0 Å². The lowest BCUT2D eigenvalue weighted by Crippen LogP contribution is -2.33. The van der Waals surface area contributed by atoms with Crippen molar-refractivity contribution in [1.82, 2.24) is 14.9 Å². The van der Waals surface area contributed by atoms with Crippen LogP contribution >= 0.6 is 0 Å². The Balaban J connectivity index is 2.01. The topological polar surface area (TPSA) is 67.2 Å². The number of aromatic nitrogens is 2. The Morgan fingerprint density at radius 2 is 2.07 bits per heavy atom. The van der Waals surface area contributed by atoms with Gasteiger partial charge in [0.25, 0.3) is 11.8 Å². The molecule has 0 saturated heterocycles. The summed E-state index contributed by atoms with van der Waals surface area (Å²) in [4.78, 5) is 32.2. The van der Waals surface area contributed by atoms with Gasteiger partial charge in [-0.1, -0.05) is 12.1 Å². The van der Waals surface area contributed by atoms with E-state index < -0.39 is 0 Å². The number of fused-ring (bicyclic) bond motifs is 1. The van der Waals surface area contributed by atoms with Gasteiger partial charge in [-0.2, -0.15) is 0 Å². The molecule has 2 heterocycles. The van der Waals surface area contributed by atoms with Crippen LogP contribution in [0, 0.1) is 6.92 Å². The summed E-state index contributed by atoms with van der Waals surface area (Å²) in [5.74, 6) is 0.00473. The Hall–Kier alpha value is -2.63. The molecule has 1 aliphatic heterocycles. The van der Waals surface area contributed by atoms with Crippen molar-refractivity contribution in [2.75, 3.05) is 11.4 Å². The Labute approximate surface area is 160 Å². The lowest BCUT2D eigenvalue weighted by atomic mass is 10.1. The second kappa shape index (κ2) is 7.94. The fraction of sp³-hybridized carbons (Fsp3) is 0.476. The fourth-order valence-electron chi connectivity index (χ4n) is 3.58. The number of anilines is 1. The Bertz CT molecular complexity index is 854. The normalized spacial score (nSPS) is 13.4. The summed E-state index contributed by atoms with van der Waals surface area (Å²) in [6.07, 6.45) is 2.78. The van der Waals surface area contributed by atoms with E-state index in [0.29, 0.717) is 18.1 Å². The number of hydrogen-bond acceptors (Lipinski definition) is 3. The Kier molecular flexibility index (Phi) is 5.63. The quantitative estimate of drug-likeness (QED) is 0.880. The van der Waals surface area contributed by atoms with Crippen molar-refractivity contribution in [3.05, 3.63) is 47.0 Å². The third-order valence-electron chi connectivity index (χ3n) is 4.82. The number of aryl methyl sites for hydroxylation is 1. The molecule has 1 aliphatic rings. The Morgan fingerprint density at radius 1 is 1.30 bits per heavy atom. The van der Waals surface area contributed by atoms with Crippen molar-refractivity contribution >= 4 is 17.5 Å². The van der Waals surface area contributed by atoms with E-state index in [1.165, 1.54) is 0 Å². The molecule has 3 rings (SSSR count). The minimum absolute atomic E-state index is 0.0250. The molecular weight excluding hydrogens is 340 g/mol. The van der Waals surface area contributed by atoms with E-state index in [1.807, 2.05) is 56.5 Å². The van der Waals surface area contributed by atoms with E-state index in [9.17, 15) is 9.59 Å². The van der Waals surface area contributed by atoms with Crippen molar-refractivity contribution < 1.29 is 9.59 Å². The average molecular weight is 368 g/mol. The highest BCUT2D eigenvalue weighted by Gasteiger charge is 2.30. The lowest BCUT2D eigenvalue weighted by Gasteiger charge is -2.23. The first-order chi connectivity index (χ1) is 12.9. The van der Waals surface area contributed by atoms with Crippen molar-refractivity contribution in [3.8, 4) is 0 Å². The van der Waals surface area contributed by atoms with Gasteiger partial charge in [0.1, 0.15) is 5.69 Å². The van der Waals surface area contributed by atoms with Crippen molar-refractivity contribution in [2.45, 2.75) is 59.5 Å². The number of nitrogens with zero attached hydrogens (tertiary/aromatic N) is 3. The van der Waals surface area contributed by atoms with Gasteiger partial charge >= 0.3 is 0 Å². The number of rotatable bonds is 5. The second-order valence-corrected chi connectivity index (χ2v) is 7.36. The third kappa shape index (κ3) is 3.89. The highest BCUT2D eigenvalue weighted by atomic mass is 16.2. The molecule has 6 nitrogen and oxygen atoms in total. The molecule has 0 saturated carbocycles. The highest BCUT2D eigenvalue weighted by molar-refractivity contribution is 6.05. The standard InChI is InChI=1S/C21H28N4O2/c1-5-24(16-10-8-9-15(4)13-16)21(27)19-23-18(20(26)22-14(2)3)17-11-6-7-12-25(17)19/h8-10,13-14H,5-7,11-12H2,1-4H3,(H,22,26). The number of imidazole rings is 1. The largest absolute Gasteiger partial charge is 0.348 e. The highest BCUT2D eigenvalue weighted by Crippen LogP contribution is 2.24. The molecule has 1 N–H and O–H groups in total. The molecule has 0 spiro atoms. The molecule has 0 unspecified atom stereocenters. The van der Waals surface area contributed by atoms with E-state index >= 15 is 0 Å². The molecule has 27 heavy (non-hydrogen) atoms. The zero-order valence-corrected chi connectivity index (χ0v) is 16.6. The molecule has 0 bridgehead atoms. The van der Waals surface area contributed by atoms with Crippen molar-refractivity contribution in [1.29, 1.82) is 0 Å². The SMILES string of the molecule is CCN(C(=O)c1nc(C(=O)NC(C)C)c2n1CCCC2)c1cccc(C)c1. The monoisotopic (exact) mass is 368 g/mol. The molecule has 0 atom stereocenters. The summed E-state index contributed by atoms with van der Waals surface area (Å²) in [5.41, 5.74) is 3.22. The van der Waals surface area contributed by atoms with Gasteiger partial charge in [-0.25, -0.2) is 4.98 Å². The van der Waals surface area contributed by atoms with Gasteiger partial charge in [-0.3, -0.25) is 9.59 Å². The van der Waals surface area contributed by atoms with Gasteiger partial charge < -0.3 is 14.8 Å². The molecule has 2 amide bonds. The predicted octanol–water partition coefficient (Wildman–Crippen LogP) is 3.33. The zero-order valence-electron chi connectivity index (χ0n) is 16.6. The summed E-state index contributed by atoms with van der Waals surface area (Å²) >= 11 is 0. The van der Waals surface area contributed by atoms with E-state index in [1.54, 1.807) is 4.90 Å². The minimum Gasteiger partial charge on any atom is -0.348 e. The van der Waals surface area contributed by atoms with E-state index in [2.05, 4.69) is 10.3 Å². The molecule has 2 aromatic rings. The predicted molar refractivity (Wildman–Crippen MR) is 106 cm³/mol. The van der Waals surface area contributed by atoms with Crippen LogP contribution in [0.15, 0.2) is 24.3 Å². The zero-order chi connectivity index (χ0) is 19.6. The molecule has 0 radical (unpaired) electrons.